The molecule has 2 aromatic carbocycles. The first-order valence-electron chi connectivity index (χ1n) is 6.93. The van der Waals surface area contributed by atoms with E-state index in [-0.39, 0.29) is 0 Å². The van der Waals surface area contributed by atoms with Crippen molar-refractivity contribution >= 4 is 34.8 Å². The number of hydrogen-bond donors (Lipinski definition) is 0. The fraction of sp³-hybridized carbons (Fsp3) is 0.118. The maximum Gasteiger partial charge on any atom is 0.124 e. The summed E-state index contributed by atoms with van der Waals surface area (Å²) in [6.45, 7) is 1.03. The third-order valence-corrected chi connectivity index (χ3v) is 4.29. The van der Waals surface area contributed by atoms with E-state index >= 15 is 0 Å². The molecule has 6 heteroatoms. The monoisotopic (exact) mass is 366 g/mol. The van der Waals surface area contributed by atoms with Crippen LogP contribution in [0.15, 0.2) is 55.1 Å². The molecule has 3 nitrogen and oxygen atoms in total. The van der Waals surface area contributed by atoms with Crippen molar-refractivity contribution in [2.24, 2.45) is 0 Å². The minimum Gasteiger partial charge on any atom is -0.489 e. The summed E-state index contributed by atoms with van der Waals surface area (Å²) >= 11 is 18.1. The second kappa shape index (κ2) is 7.26. The van der Waals surface area contributed by atoms with Crippen molar-refractivity contribution < 1.29 is 4.74 Å². The average molecular weight is 368 g/mol. The summed E-state index contributed by atoms with van der Waals surface area (Å²) in [6, 6.07) is 11.0. The Morgan fingerprint density at radius 2 is 1.87 bits per heavy atom. The van der Waals surface area contributed by atoms with Crippen LogP contribution in [0.1, 0.15) is 11.1 Å². The molecule has 0 aliphatic rings. The molecule has 0 saturated heterocycles. The Morgan fingerprint density at radius 1 is 1.00 bits per heavy atom. The van der Waals surface area contributed by atoms with Gasteiger partial charge in [-0.15, -0.1) is 0 Å². The second-order valence-corrected chi connectivity index (χ2v) is 6.28. The zero-order chi connectivity index (χ0) is 16.2. The molecule has 3 rings (SSSR count). The lowest BCUT2D eigenvalue weighted by atomic mass is 10.2. The van der Waals surface area contributed by atoms with Gasteiger partial charge in [-0.05, 0) is 35.9 Å². The van der Waals surface area contributed by atoms with Crippen molar-refractivity contribution in [2.45, 2.75) is 13.2 Å². The maximum atomic E-state index is 6.10. The highest BCUT2D eigenvalue weighted by Crippen LogP contribution is 2.26. The van der Waals surface area contributed by atoms with E-state index in [1.165, 1.54) is 0 Å². The minimum atomic E-state index is 0.398. The van der Waals surface area contributed by atoms with Crippen LogP contribution in [0.4, 0.5) is 0 Å². The molecule has 0 unspecified atom stereocenters. The number of hydrogen-bond acceptors (Lipinski definition) is 2. The van der Waals surface area contributed by atoms with Crippen LogP contribution in [0.2, 0.25) is 15.1 Å². The van der Waals surface area contributed by atoms with Crippen molar-refractivity contribution in [3.8, 4) is 5.75 Å². The Balaban J connectivity index is 1.77. The predicted molar refractivity (Wildman–Crippen MR) is 93.6 cm³/mol. The van der Waals surface area contributed by atoms with Gasteiger partial charge < -0.3 is 9.30 Å². The highest BCUT2D eigenvalue weighted by atomic mass is 35.5. The quantitative estimate of drug-likeness (QED) is 0.598. The number of aromatic nitrogens is 2. The number of rotatable bonds is 5. The Hall–Kier alpha value is -1.68. The van der Waals surface area contributed by atoms with E-state index in [0.717, 1.165) is 16.9 Å². The first-order chi connectivity index (χ1) is 11.1. The molecule has 23 heavy (non-hydrogen) atoms. The molecule has 118 valence electrons. The summed E-state index contributed by atoms with van der Waals surface area (Å²) in [7, 11) is 0. The highest BCUT2D eigenvalue weighted by molar-refractivity contribution is 6.42. The van der Waals surface area contributed by atoms with Crippen molar-refractivity contribution in [2.75, 3.05) is 0 Å². The van der Waals surface area contributed by atoms with Crippen LogP contribution in [-0.4, -0.2) is 9.55 Å². The van der Waals surface area contributed by atoms with E-state index in [4.69, 9.17) is 39.5 Å². The zero-order valence-corrected chi connectivity index (χ0v) is 14.3. The molecule has 3 aromatic rings. The van der Waals surface area contributed by atoms with Crippen LogP contribution < -0.4 is 4.74 Å². The topological polar surface area (TPSA) is 27.1 Å². The molecule has 0 N–H and O–H groups in total. The van der Waals surface area contributed by atoms with Crippen LogP contribution in [-0.2, 0) is 13.2 Å². The number of ether oxygens (including phenoxy) is 1. The summed E-state index contributed by atoms with van der Waals surface area (Å²) in [5.41, 5.74) is 1.93. The maximum absolute atomic E-state index is 6.10. The molecular formula is C17H13Cl3N2O. The molecule has 0 aliphatic carbocycles. The van der Waals surface area contributed by atoms with Crippen LogP contribution in [0.3, 0.4) is 0 Å². The average Bonchev–Trinajstić information content (AvgIpc) is 3.03. The van der Waals surface area contributed by atoms with Gasteiger partial charge >= 0.3 is 0 Å². The standard InChI is InChI=1S/C17H13Cl3N2O/c18-14-2-4-17(13(8-14)9-22-6-5-21-11-22)23-10-12-1-3-15(19)16(20)7-12/h1-8,11H,9-10H2. The predicted octanol–water partition coefficient (Wildman–Crippen LogP) is 5.47. The molecule has 0 spiro atoms. The number of nitrogens with zero attached hydrogens (tertiary/aromatic N) is 2. The summed E-state index contributed by atoms with van der Waals surface area (Å²) in [5, 5.41) is 1.72. The van der Waals surface area contributed by atoms with E-state index in [1.807, 2.05) is 35.0 Å². The van der Waals surface area contributed by atoms with Gasteiger partial charge in [-0.25, -0.2) is 4.98 Å². The zero-order valence-electron chi connectivity index (χ0n) is 12.0. The lowest BCUT2D eigenvalue weighted by Gasteiger charge is -2.13. The van der Waals surface area contributed by atoms with Gasteiger partial charge in [-0.2, -0.15) is 0 Å². The van der Waals surface area contributed by atoms with E-state index < -0.39 is 0 Å². The van der Waals surface area contributed by atoms with Crippen LogP contribution in [0.25, 0.3) is 0 Å². The fourth-order valence-corrected chi connectivity index (χ4v) is 2.70. The van der Waals surface area contributed by atoms with Crippen LogP contribution in [0, 0.1) is 0 Å². The Bertz CT molecular complexity index is 804. The Morgan fingerprint density at radius 3 is 2.61 bits per heavy atom. The van der Waals surface area contributed by atoms with Gasteiger partial charge in [-0.3, -0.25) is 0 Å². The highest BCUT2D eigenvalue weighted by Gasteiger charge is 2.07. The Kier molecular flexibility index (Phi) is 5.11. The number of benzene rings is 2. The minimum absolute atomic E-state index is 0.398. The normalized spacial score (nSPS) is 10.7. The first-order valence-corrected chi connectivity index (χ1v) is 8.06. The molecule has 0 saturated carbocycles. The molecule has 0 amide bonds. The Labute approximate surface area is 149 Å². The van der Waals surface area contributed by atoms with Crippen molar-refractivity contribution in [3.63, 3.8) is 0 Å². The van der Waals surface area contributed by atoms with E-state index in [9.17, 15) is 0 Å². The molecule has 0 fully saturated rings. The molecule has 1 heterocycles. The molecule has 0 radical (unpaired) electrons. The lowest BCUT2D eigenvalue weighted by Crippen LogP contribution is -2.02. The summed E-state index contributed by atoms with van der Waals surface area (Å²) in [5.74, 6) is 0.772. The van der Waals surface area contributed by atoms with E-state index in [0.29, 0.717) is 28.2 Å². The SMILES string of the molecule is Clc1ccc(OCc2ccc(Cl)c(Cl)c2)c(Cn2ccnc2)c1. The largest absolute Gasteiger partial charge is 0.489 e. The molecule has 0 bridgehead atoms. The smallest absolute Gasteiger partial charge is 0.124 e. The first kappa shape index (κ1) is 16.2. The fourth-order valence-electron chi connectivity index (χ4n) is 2.18. The van der Waals surface area contributed by atoms with Crippen molar-refractivity contribution in [1.82, 2.24) is 9.55 Å². The van der Waals surface area contributed by atoms with Gasteiger partial charge in [0, 0.05) is 23.0 Å². The summed E-state index contributed by atoms with van der Waals surface area (Å²) in [4.78, 5) is 4.04. The van der Waals surface area contributed by atoms with Crippen molar-refractivity contribution in [3.05, 3.63) is 81.3 Å². The summed E-state index contributed by atoms with van der Waals surface area (Å²) < 4.78 is 7.88. The van der Waals surface area contributed by atoms with Crippen molar-refractivity contribution in [1.29, 1.82) is 0 Å². The number of imidazole rings is 1. The van der Waals surface area contributed by atoms with Gasteiger partial charge in [0.25, 0.3) is 0 Å². The molecule has 0 atom stereocenters. The third kappa shape index (κ3) is 4.20. The van der Waals surface area contributed by atoms with Crippen LogP contribution in [0.5, 0.6) is 5.75 Å². The van der Waals surface area contributed by atoms with Gasteiger partial charge in [0.2, 0.25) is 0 Å². The second-order valence-electron chi connectivity index (χ2n) is 5.02. The molecule has 1 aromatic heterocycles. The lowest BCUT2D eigenvalue weighted by molar-refractivity contribution is 0.302. The van der Waals surface area contributed by atoms with E-state index in [2.05, 4.69) is 4.98 Å². The van der Waals surface area contributed by atoms with Gasteiger partial charge in [0.05, 0.1) is 22.9 Å². The van der Waals surface area contributed by atoms with E-state index in [1.54, 1.807) is 24.7 Å². The third-order valence-electron chi connectivity index (χ3n) is 3.31. The summed E-state index contributed by atoms with van der Waals surface area (Å²) in [6.07, 6.45) is 5.38. The van der Waals surface area contributed by atoms with Crippen LogP contribution >= 0.6 is 34.8 Å². The molecule has 0 aliphatic heterocycles. The van der Waals surface area contributed by atoms with Gasteiger partial charge in [-0.1, -0.05) is 40.9 Å². The number of halogens is 3. The van der Waals surface area contributed by atoms with Gasteiger partial charge in [0.15, 0.2) is 0 Å². The van der Waals surface area contributed by atoms with Gasteiger partial charge in [0.1, 0.15) is 12.4 Å². The molecular weight excluding hydrogens is 355 g/mol.